The van der Waals surface area contributed by atoms with Crippen LogP contribution >= 0.6 is 11.3 Å². The minimum Gasteiger partial charge on any atom is -0.479 e. The normalized spacial score (nSPS) is 24.3. The SMILES string of the molecule is CC(C)(C)OC(=O)N[C@H]1CCCCCCCC2CC2(C(=O)O)NC(=O)[C@@H]2C[C@@H](Oc3nc4ccc(C#Cc5cccnc5)cc4nc3-c3cccs3)CN2C1=O. The van der Waals surface area contributed by atoms with Crippen molar-refractivity contribution in [2.24, 2.45) is 5.92 Å². The molecule has 3 aliphatic rings. The number of aliphatic carboxylic acids is 1. The van der Waals surface area contributed by atoms with Crippen molar-refractivity contribution in [3.63, 3.8) is 0 Å². The summed E-state index contributed by atoms with van der Waals surface area (Å²) in [7, 11) is 0. The van der Waals surface area contributed by atoms with Gasteiger partial charge >= 0.3 is 12.1 Å². The van der Waals surface area contributed by atoms with Crippen LogP contribution in [-0.2, 0) is 19.1 Å². The lowest BCUT2D eigenvalue weighted by Gasteiger charge is -2.30. The van der Waals surface area contributed by atoms with E-state index in [1.54, 1.807) is 33.2 Å². The molecule has 2 saturated heterocycles. The summed E-state index contributed by atoms with van der Waals surface area (Å²) >= 11 is 1.47. The third-order valence-corrected chi connectivity index (χ3v) is 11.3. The van der Waals surface area contributed by atoms with Crippen LogP contribution in [0.25, 0.3) is 21.6 Å². The van der Waals surface area contributed by atoms with E-state index in [0.29, 0.717) is 42.4 Å². The molecule has 2 aliphatic heterocycles. The van der Waals surface area contributed by atoms with Crippen LogP contribution in [0, 0.1) is 17.8 Å². The zero-order chi connectivity index (χ0) is 39.5. The van der Waals surface area contributed by atoms with Crippen LogP contribution in [0.3, 0.4) is 0 Å². The molecule has 3 fully saturated rings. The number of rotatable bonds is 5. The number of alkyl carbamates (subject to hydrolysis) is 1. The largest absolute Gasteiger partial charge is 0.479 e. The number of benzene rings is 1. The van der Waals surface area contributed by atoms with Crippen molar-refractivity contribution in [1.29, 1.82) is 0 Å². The monoisotopic (exact) mass is 778 g/mol. The Labute approximate surface area is 329 Å². The molecule has 0 spiro atoms. The zero-order valence-electron chi connectivity index (χ0n) is 31.7. The standard InChI is InChI=1S/C42H46N6O7S/c1-41(2,3)55-40(53)46-31-13-8-6-4-5-7-12-28-23-42(28,39(51)52)47-36(49)33-22-29(25-48(33)38(31)50)54-37-35(34-14-10-20-56-34)44-32-21-26(17-18-30(32)45-37)15-16-27-11-9-19-43-24-27/h9-11,14,17-21,24,28-29,31,33H,4-8,12-13,22-23,25H2,1-3H3,(H,46,53)(H,47,49)(H,51,52)/t28?,29-,31+,33+,42?/m1/s1. The summed E-state index contributed by atoms with van der Waals surface area (Å²) < 4.78 is 12.1. The Morgan fingerprint density at radius 3 is 2.52 bits per heavy atom. The molecule has 5 heterocycles. The topological polar surface area (TPSA) is 173 Å². The van der Waals surface area contributed by atoms with Gasteiger partial charge in [0.2, 0.25) is 17.7 Å². The molecule has 2 unspecified atom stereocenters. The lowest BCUT2D eigenvalue weighted by molar-refractivity contribution is -0.146. The predicted molar refractivity (Wildman–Crippen MR) is 210 cm³/mol. The molecule has 4 aromatic rings. The number of pyridine rings is 1. The Balaban J connectivity index is 1.20. The molecule has 56 heavy (non-hydrogen) atoms. The number of carboxylic acids is 1. The van der Waals surface area contributed by atoms with Gasteiger partial charge in [-0.3, -0.25) is 14.6 Å². The number of nitrogens with zero attached hydrogens (tertiary/aromatic N) is 4. The molecule has 3 N–H and O–H groups in total. The molecule has 1 aromatic carbocycles. The predicted octanol–water partition coefficient (Wildman–Crippen LogP) is 6.10. The highest BCUT2D eigenvalue weighted by Crippen LogP contribution is 2.47. The lowest BCUT2D eigenvalue weighted by atomic mass is 10.0. The Hall–Kier alpha value is -5.55. The molecule has 13 nitrogen and oxygen atoms in total. The van der Waals surface area contributed by atoms with Gasteiger partial charge in [-0.15, -0.1) is 11.3 Å². The first-order chi connectivity index (χ1) is 26.9. The van der Waals surface area contributed by atoms with E-state index < -0.39 is 53.2 Å². The summed E-state index contributed by atoms with van der Waals surface area (Å²) in [5, 5.41) is 17.8. The van der Waals surface area contributed by atoms with Crippen LogP contribution in [0.5, 0.6) is 5.88 Å². The van der Waals surface area contributed by atoms with Gasteiger partial charge in [-0.1, -0.05) is 50.0 Å². The number of ether oxygens (including phenoxy) is 2. The van der Waals surface area contributed by atoms with Gasteiger partial charge < -0.3 is 30.1 Å². The summed E-state index contributed by atoms with van der Waals surface area (Å²) in [5.74, 6) is 4.23. The molecule has 7 rings (SSSR count). The molecule has 3 amide bonds. The fourth-order valence-corrected chi connectivity index (χ4v) is 8.22. The Bertz CT molecular complexity index is 2160. The van der Waals surface area contributed by atoms with Crippen LogP contribution < -0.4 is 15.4 Å². The number of hydrogen-bond donors (Lipinski definition) is 3. The first-order valence-corrected chi connectivity index (χ1v) is 20.1. The zero-order valence-corrected chi connectivity index (χ0v) is 32.6. The highest BCUT2D eigenvalue weighted by atomic mass is 32.1. The molecular weight excluding hydrogens is 733 g/mol. The van der Waals surface area contributed by atoms with Gasteiger partial charge in [0, 0.05) is 29.9 Å². The van der Waals surface area contributed by atoms with Crippen molar-refractivity contribution >= 4 is 46.2 Å². The third-order valence-electron chi connectivity index (χ3n) is 10.4. The molecule has 5 atom stereocenters. The van der Waals surface area contributed by atoms with E-state index in [1.165, 1.54) is 16.2 Å². The van der Waals surface area contributed by atoms with Gasteiger partial charge in [-0.2, -0.15) is 0 Å². The Kier molecular flexibility index (Phi) is 11.3. The second-order valence-corrected chi connectivity index (χ2v) is 16.7. The summed E-state index contributed by atoms with van der Waals surface area (Å²) in [6.07, 6.45) is 7.59. The van der Waals surface area contributed by atoms with Crippen molar-refractivity contribution in [1.82, 2.24) is 30.5 Å². The first-order valence-electron chi connectivity index (χ1n) is 19.2. The second kappa shape index (κ2) is 16.3. The van der Waals surface area contributed by atoms with Crippen molar-refractivity contribution < 1.29 is 33.8 Å². The van der Waals surface area contributed by atoms with E-state index in [1.807, 2.05) is 47.8 Å². The van der Waals surface area contributed by atoms with Crippen LogP contribution in [0.15, 0.2) is 60.2 Å². The average Bonchev–Trinajstić information content (AvgIpc) is 3.45. The van der Waals surface area contributed by atoms with Gasteiger partial charge in [0.1, 0.15) is 35.0 Å². The van der Waals surface area contributed by atoms with Gasteiger partial charge in [0.15, 0.2) is 0 Å². The van der Waals surface area contributed by atoms with Gasteiger partial charge in [0.05, 0.1) is 22.5 Å². The number of nitrogens with one attached hydrogen (secondary N) is 2. The summed E-state index contributed by atoms with van der Waals surface area (Å²) in [4.78, 5) is 70.4. The van der Waals surface area contributed by atoms with Crippen molar-refractivity contribution in [3.8, 4) is 28.3 Å². The van der Waals surface area contributed by atoms with Crippen molar-refractivity contribution in [2.75, 3.05) is 6.54 Å². The highest BCUT2D eigenvalue weighted by Gasteiger charge is 2.62. The maximum absolute atomic E-state index is 14.5. The number of fused-ring (bicyclic) bond motifs is 3. The lowest BCUT2D eigenvalue weighted by Crippen LogP contribution is -2.56. The summed E-state index contributed by atoms with van der Waals surface area (Å²) in [5.41, 5.74) is 1.05. The maximum Gasteiger partial charge on any atom is 0.408 e. The van der Waals surface area contributed by atoms with Crippen molar-refractivity contribution in [3.05, 3.63) is 71.4 Å². The number of carbonyl (C=O) groups is 4. The second-order valence-electron chi connectivity index (χ2n) is 15.7. The highest BCUT2D eigenvalue weighted by molar-refractivity contribution is 7.13. The molecule has 0 bridgehead atoms. The maximum atomic E-state index is 14.5. The van der Waals surface area contributed by atoms with Crippen LogP contribution in [0.1, 0.15) is 89.7 Å². The average molecular weight is 779 g/mol. The van der Waals surface area contributed by atoms with E-state index >= 15 is 0 Å². The van der Waals surface area contributed by atoms with E-state index in [0.717, 1.165) is 41.7 Å². The van der Waals surface area contributed by atoms with Crippen LogP contribution in [-0.4, -0.2) is 84.7 Å². The molecule has 292 valence electrons. The number of thiophene rings is 1. The quantitative estimate of drug-likeness (QED) is 0.201. The van der Waals surface area contributed by atoms with Gasteiger partial charge in [-0.05, 0) is 87.7 Å². The van der Waals surface area contributed by atoms with Gasteiger partial charge in [-0.25, -0.2) is 19.6 Å². The van der Waals surface area contributed by atoms with E-state index in [2.05, 4.69) is 27.5 Å². The van der Waals surface area contributed by atoms with Crippen LogP contribution in [0.2, 0.25) is 0 Å². The third kappa shape index (κ3) is 8.94. The number of carbonyl (C=O) groups excluding carboxylic acids is 3. The Morgan fingerprint density at radius 2 is 1.79 bits per heavy atom. The van der Waals surface area contributed by atoms with E-state index in [4.69, 9.17) is 19.4 Å². The molecule has 0 radical (unpaired) electrons. The smallest absolute Gasteiger partial charge is 0.408 e. The number of amides is 3. The fraction of sp³-hybridized carbons (Fsp3) is 0.452. The number of aromatic nitrogens is 3. The fourth-order valence-electron chi connectivity index (χ4n) is 7.51. The molecule has 14 heteroatoms. The molecule has 1 aliphatic carbocycles. The van der Waals surface area contributed by atoms with E-state index in [-0.39, 0.29) is 24.8 Å². The minimum atomic E-state index is -1.38. The first kappa shape index (κ1) is 38.7. The molecule has 1 saturated carbocycles. The van der Waals surface area contributed by atoms with Crippen LogP contribution in [0.4, 0.5) is 4.79 Å². The summed E-state index contributed by atoms with van der Waals surface area (Å²) in [6.45, 7) is 5.23. The Morgan fingerprint density at radius 1 is 1.00 bits per heavy atom. The number of carboxylic acid groups (broad SMARTS) is 1. The minimum absolute atomic E-state index is 0.000609. The molecular formula is C42H46N6O7S. The molecule has 3 aromatic heterocycles. The van der Waals surface area contributed by atoms with Gasteiger partial charge in [0.25, 0.3) is 0 Å². The summed E-state index contributed by atoms with van der Waals surface area (Å²) in [6, 6.07) is 11.0. The van der Waals surface area contributed by atoms with Crippen molar-refractivity contribution in [2.45, 2.75) is 108 Å². The van der Waals surface area contributed by atoms with E-state index in [9.17, 15) is 24.3 Å². The number of hydrogen-bond acceptors (Lipinski definition) is 10.